The van der Waals surface area contributed by atoms with E-state index in [-0.39, 0.29) is 22.9 Å². The molecule has 0 fully saturated rings. The van der Waals surface area contributed by atoms with Crippen molar-refractivity contribution in [1.82, 2.24) is 0 Å². The van der Waals surface area contributed by atoms with E-state index >= 15 is 0 Å². The number of methoxy groups -OCH3 is 3. The van der Waals surface area contributed by atoms with Crippen LogP contribution in [0.4, 0.5) is 11.4 Å². The first-order valence-corrected chi connectivity index (χ1v) is 10.9. The van der Waals surface area contributed by atoms with Crippen LogP contribution in [0.3, 0.4) is 0 Å². The van der Waals surface area contributed by atoms with Gasteiger partial charge in [-0.2, -0.15) is 5.26 Å². The molecule has 1 unspecified atom stereocenters. The largest absolute Gasteiger partial charge is 0.493 e. The number of hydrogen-bond donors (Lipinski definition) is 1. The average molecular weight is 476 g/mol. The zero-order valence-corrected chi connectivity index (χ0v) is 19.5. The molecule has 1 atom stereocenters. The number of hydrogen-bond acceptors (Lipinski definition) is 9. The molecule has 2 N–H and O–H groups in total. The molecule has 1 aliphatic heterocycles. The number of anilines is 1. The van der Waals surface area contributed by atoms with Crippen molar-refractivity contribution in [3.63, 3.8) is 0 Å². The number of nitrogens with two attached hydrogens (primary N) is 1. The molecule has 35 heavy (non-hydrogen) atoms. The zero-order chi connectivity index (χ0) is 25.3. The molecule has 10 heteroatoms. The summed E-state index contributed by atoms with van der Waals surface area (Å²) in [5.74, 6) is 0.383. The Morgan fingerprint density at radius 1 is 1.11 bits per heavy atom. The Hall–Kier alpha value is -4.52. The maximum absolute atomic E-state index is 13.3. The van der Waals surface area contributed by atoms with Gasteiger partial charge in [-0.1, -0.05) is 6.07 Å². The predicted molar refractivity (Wildman–Crippen MR) is 127 cm³/mol. The number of nitriles is 1. The van der Waals surface area contributed by atoms with Gasteiger partial charge in [0.05, 0.1) is 49.5 Å². The summed E-state index contributed by atoms with van der Waals surface area (Å²) < 4.78 is 16.4. The van der Waals surface area contributed by atoms with Crippen LogP contribution < -0.4 is 24.8 Å². The van der Waals surface area contributed by atoms with Gasteiger partial charge in [0.1, 0.15) is 5.82 Å². The maximum atomic E-state index is 13.3. The Morgan fingerprint density at radius 2 is 1.80 bits per heavy atom. The second-order valence-electron chi connectivity index (χ2n) is 8.05. The number of nitrogens with zero attached hydrogens (tertiary/aromatic N) is 3. The van der Waals surface area contributed by atoms with Crippen LogP contribution in [0.25, 0.3) is 0 Å². The molecule has 0 radical (unpaired) electrons. The van der Waals surface area contributed by atoms with Crippen LogP contribution in [0.5, 0.6) is 17.2 Å². The van der Waals surface area contributed by atoms with Gasteiger partial charge in [0.25, 0.3) is 5.69 Å². The van der Waals surface area contributed by atoms with E-state index in [4.69, 9.17) is 19.9 Å². The molecule has 0 bridgehead atoms. The molecule has 0 aromatic heterocycles. The predicted octanol–water partition coefficient (Wildman–Crippen LogP) is 3.93. The van der Waals surface area contributed by atoms with Crippen LogP contribution in [-0.4, -0.2) is 32.0 Å². The van der Waals surface area contributed by atoms with Crippen molar-refractivity contribution in [2.45, 2.75) is 25.2 Å². The molecule has 2 aromatic rings. The highest BCUT2D eigenvalue weighted by atomic mass is 16.6. The van der Waals surface area contributed by atoms with Gasteiger partial charge in [-0.3, -0.25) is 19.8 Å². The first-order valence-electron chi connectivity index (χ1n) is 10.9. The first-order chi connectivity index (χ1) is 16.9. The van der Waals surface area contributed by atoms with Crippen LogP contribution in [0.15, 0.2) is 59.1 Å². The number of allylic oxidation sites excluding steroid dienone is 3. The molecular weight excluding hydrogens is 452 g/mol. The maximum Gasteiger partial charge on any atom is 0.271 e. The number of Topliss-reactive ketones (excluding diaryl/α,β-unsaturated/α-hetero) is 1. The minimum Gasteiger partial charge on any atom is -0.493 e. The summed E-state index contributed by atoms with van der Waals surface area (Å²) in [6.45, 7) is 0. The number of carbonyl (C=O) groups is 1. The number of nitro benzene ring substituents is 1. The lowest BCUT2D eigenvalue weighted by atomic mass is 9.75. The third kappa shape index (κ3) is 3.91. The third-order valence-electron chi connectivity index (χ3n) is 6.23. The van der Waals surface area contributed by atoms with Gasteiger partial charge >= 0.3 is 0 Å². The van der Waals surface area contributed by atoms with E-state index in [2.05, 4.69) is 6.07 Å². The molecule has 0 amide bonds. The fourth-order valence-corrected chi connectivity index (χ4v) is 4.73. The van der Waals surface area contributed by atoms with Crippen LogP contribution in [0, 0.1) is 21.4 Å². The summed E-state index contributed by atoms with van der Waals surface area (Å²) in [5.41, 5.74) is 8.63. The van der Waals surface area contributed by atoms with Gasteiger partial charge in [-0.25, -0.2) is 0 Å². The van der Waals surface area contributed by atoms with Crippen molar-refractivity contribution in [3.05, 3.63) is 74.7 Å². The van der Waals surface area contributed by atoms with Gasteiger partial charge in [0, 0.05) is 29.8 Å². The molecule has 0 saturated heterocycles. The van der Waals surface area contributed by atoms with E-state index in [1.54, 1.807) is 29.2 Å². The standard InChI is InChI=1S/C25H24N4O6/c1-33-20-10-14(11-21(34-2)24(20)35-3)22-17(13-26)25(27)28(18-8-5-9-19(30)23(18)22)15-6-4-7-16(12-15)29(31)32/h4,6-7,10-12,22H,5,8-9,27H2,1-3H3. The van der Waals surface area contributed by atoms with Crippen LogP contribution in [-0.2, 0) is 4.79 Å². The Kier molecular flexibility index (Phi) is 6.34. The van der Waals surface area contributed by atoms with Gasteiger partial charge in [0.2, 0.25) is 5.75 Å². The number of non-ortho nitro benzene ring substituents is 1. The Bertz CT molecular complexity index is 1300. The molecule has 1 heterocycles. The van der Waals surface area contributed by atoms with Gasteiger partial charge in [-0.15, -0.1) is 0 Å². The minimum absolute atomic E-state index is 0.110. The van der Waals surface area contributed by atoms with Gasteiger partial charge in [-0.05, 0) is 36.6 Å². The van der Waals surface area contributed by atoms with E-state index in [9.17, 15) is 20.2 Å². The van der Waals surface area contributed by atoms with Crippen molar-refractivity contribution in [2.24, 2.45) is 5.73 Å². The quantitative estimate of drug-likeness (QED) is 0.485. The molecule has 2 aromatic carbocycles. The number of rotatable bonds is 6. The first kappa shape index (κ1) is 23.6. The fourth-order valence-electron chi connectivity index (χ4n) is 4.73. The van der Waals surface area contributed by atoms with Crippen molar-refractivity contribution in [1.29, 1.82) is 5.26 Å². The van der Waals surface area contributed by atoms with E-state index in [1.165, 1.54) is 33.5 Å². The summed E-state index contributed by atoms with van der Waals surface area (Å²) in [7, 11) is 4.46. The highest BCUT2D eigenvalue weighted by Crippen LogP contribution is 2.49. The van der Waals surface area contributed by atoms with Gasteiger partial charge in [0.15, 0.2) is 17.3 Å². The SMILES string of the molecule is COc1cc(C2C(C#N)=C(N)N(c3cccc([N+](=O)[O-])c3)C3=C2C(=O)CCC3)cc(OC)c1OC. The topological polar surface area (TPSA) is 141 Å². The molecule has 2 aliphatic rings. The normalized spacial score (nSPS) is 17.6. The van der Waals surface area contributed by atoms with Crippen LogP contribution >= 0.6 is 0 Å². The third-order valence-corrected chi connectivity index (χ3v) is 6.23. The summed E-state index contributed by atoms with van der Waals surface area (Å²) in [6, 6.07) is 11.5. The Morgan fingerprint density at radius 3 is 2.37 bits per heavy atom. The molecule has 10 nitrogen and oxygen atoms in total. The summed E-state index contributed by atoms with van der Waals surface area (Å²) in [5, 5.41) is 21.6. The summed E-state index contributed by atoms with van der Waals surface area (Å²) in [4.78, 5) is 25.8. The van der Waals surface area contributed by atoms with Crippen molar-refractivity contribution in [2.75, 3.05) is 26.2 Å². The second kappa shape index (κ2) is 9.38. The average Bonchev–Trinajstić information content (AvgIpc) is 2.87. The second-order valence-corrected chi connectivity index (χ2v) is 8.05. The molecule has 180 valence electrons. The summed E-state index contributed by atoms with van der Waals surface area (Å²) in [6.07, 6.45) is 1.44. The van der Waals surface area contributed by atoms with E-state index in [0.29, 0.717) is 59.0 Å². The van der Waals surface area contributed by atoms with Crippen LogP contribution in [0.2, 0.25) is 0 Å². The molecule has 4 rings (SSSR count). The smallest absolute Gasteiger partial charge is 0.271 e. The Balaban J connectivity index is 1.99. The lowest BCUT2D eigenvalue weighted by Crippen LogP contribution is -2.38. The van der Waals surface area contributed by atoms with Gasteiger partial charge < -0.3 is 19.9 Å². The van der Waals surface area contributed by atoms with E-state index in [1.807, 2.05) is 0 Å². The molecule has 1 aliphatic carbocycles. The number of ether oxygens (including phenoxy) is 3. The number of nitro groups is 1. The molecular formula is C25H24N4O6. The van der Waals surface area contributed by atoms with Crippen molar-refractivity contribution in [3.8, 4) is 23.3 Å². The van der Waals surface area contributed by atoms with Crippen molar-refractivity contribution < 1.29 is 23.9 Å². The minimum atomic E-state index is -0.758. The lowest BCUT2D eigenvalue weighted by Gasteiger charge is -2.39. The highest BCUT2D eigenvalue weighted by molar-refractivity contribution is 6.01. The van der Waals surface area contributed by atoms with E-state index in [0.717, 1.165) is 0 Å². The van der Waals surface area contributed by atoms with Crippen molar-refractivity contribution >= 4 is 17.2 Å². The van der Waals surface area contributed by atoms with Crippen LogP contribution in [0.1, 0.15) is 30.7 Å². The lowest BCUT2D eigenvalue weighted by molar-refractivity contribution is -0.384. The number of carbonyl (C=O) groups excluding carboxylic acids is 1. The van der Waals surface area contributed by atoms with E-state index < -0.39 is 10.8 Å². The zero-order valence-electron chi connectivity index (χ0n) is 19.5. The Labute approximate surface area is 201 Å². The fraction of sp³-hybridized carbons (Fsp3) is 0.280. The number of ketones is 1. The monoisotopic (exact) mass is 476 g/mol. The molecule has 0 spiro atoms. The molecule has 0 saturated carbocycles. The summed E-state index contributed by atoms with van der Waals surface area (Å²) >= 11 is 0. The number of benzene rings is 2. The highest BCUT2D eigenvalue weighted by Gasteiger charge is 2.41.